The summed E-state index contributed by atoms with van der Waals surface area (Å²) in [7, 11) is 0. The van der Waals surface area contributed by atoms with Gasteiger partial charge in [0, 0.05) is 45.2 Å². The number of morpholine rings is 1. The van der Waals surface area contributed by atoms with Crippen molar-refractivity contribution < 1.29 is 4.74 Å². The fourth-order valence-electron chi connectivity index (χ4n) is 3.54. The van der Waals surface area contributed by atoms with E-state index in [-0.39, 0.29) is 0 Å². The van der Waals surface area contributed by atoms with E-state index in [0.717, 1.165) is 77.1 Å². The van der Waals surface area contributed by atoms with Crippen molar-refractivity contribution in [3.05, 3.63) is 48.0 Å². The molecule has 0 aliphatic carbocycles. The SMILES string of the molecule is CCc1nncn1CCNC(=NCC(C)N1CCOCC1)NCCc1ccccc1. The summed E-state index contributed by atoms with van der Waals surface area (Å²) < 4.78 is 7.55. The lowest BCUT2D eigenvalue weighted by atomic mass is 10.1. The van der Waals surface area contributed by atoms with Crippen LogP contribution in [0.25, 0.3) is 0 Å². The highest BCUT2D eigenvalue weighted by Gasteiger charge is 2.16. The topological polar surface area (TPSA) is 79.6 Å². The van der Waals surface area contributed by atoms with Crippen LogP contribution in [-0.2, 0) is 24.1 Å². The molecule has 1 saturated heterocycles. The molecule has 1 atom stereocenters. The third kappa shape index (κ3) is 7.11. The van der Waals surface area contributed by atoms with Crippen LogP contribution < -0.4 is 10.6 Å². The smallest absolute Gasteiger partial charge is 0.191 e. The van der Waals surface area contributed by atoms with Gasteiger partial charge in [-0.2, -0.15) is 0 Å². The van der Waals surface area contributed by atoms with Crippen LogP contribution in [0.5, 0.6) is 0 Å². The summed E-state index contributed by atoms with van der Waals surface area (Å²) in [6, 6.07) is 10.9. The van der Waals surface area contributed by atoms with Crippen molar-refractivity contribution in [3.63, 3.8) is 0 Å². The molecule has 3 rings (SSSR count). The summed E-state index contributed by atoms with van der Waals surface area (Å²) in [5, 5.41) is 15.1. The van der Waals surface area contributed by atoms with Crippen molar-refractivity contribution in [3.8, 4) is 0 Å². The van der Waals surface area contributed by atoms with E-state index in [1.165, 1.54) is 5.56 Å². The number of aromatic nitrogens is 3. The Morgan fingerprint density at radius 1 is 1.17 bits per heavy atom. The number of nitrogens with one attached hydrogen (secondary N) is 2. The molecule has 0 amide bonds. The molecule has 164 valence electrons. The van der Waals surface area contributed by atoms with E-state index in [0.29, 0.717) is 6.04 Å². The van der Waals surface area contributed by atoms with Crippen molar-refractivity contribution in [2.24, 2.45) is 4.99 Å². The quantitative estimate of drug-likeness (QED) is 0.452. The van der Waals surface area contributed by atoms with Crippen LogP contribution in [0.1, 0.15) is 25.2 Å². The zero-order valence-corrected chi connectivity index (χ0v) is 18.3. The average molecular weight is 414 g/mol. The minimum absolute atomic E-state index is 0.395. The Bertz CT molecular complexity index is 756. The Balaban J connectivity index is 1.52. The molecule has 1 aliphatic heterocycles. The van der Waals surface area contributed by atoms with Gasteiger partial charge in [-0.15, -0.1) is 10.2 Å². The van der Waals surface area contributed by atoms with Crippen molar-refractivity contribution in [1.29, 1.82) is 0 Å². The van der Waals surface area contributed by atoms with E-state index in [4.69, 9.17) is 9.73 Å². The summed E-state index contributed by atoms with van der Waals surface area (Å²) >= 11 is 0. The molecule has 8 nitrogen and oxygen atoms in total. The number of hydrogen-bond acceptors (Lipinski definition) is 5. The maximum Gasteiger partial charge on any atom is 0.191 e. The minimum Gasteiger partial charge on any atom is -0.379 e. The third-order valence-electron chi connectivity index (χ3n) is 5.39. The van der Waals surface area contributed by atoms with Gasteiger partial charge in [-0.25, -0.2) is 0 Å². The first-order valence-corrected chi connectivity index (χ1v) is 11.0. The van der Waals surface area contributed by atoms with E-state index in [1.54, 1.807) is 6.33 Å². The molecule has 0 radical (unpaired) electrons. The third-order valence-corrected chi connectivity index (χ3v) is 5.39. The monoisotopic (exact) mass is 413 g/mol. The largest absolute Gasteiger partial charge is 0.379 e. The number of nitrogens with zero attached hydrogens (tertiary/aromatic N) is 5. The Hall–Kier alpha value is -2.45. The molecule has 1 aromatic heterocycles. The number of rotatable bonds is 10. The predicted molar refractivity (Wildman–Crippen MR) is 120 cm³/mol. The Labute approximate surface area is 179 Å². The summed E-state index contributed by atoms with van der Waals surface area (Å²) in [6.07, 6.45) is 3.64. The van der Waals surface area contributed by atoms with Gasteiger partial charge in [0.25, 0.3) is 0 Å². The number of hydrogen-bond donors (Lipinski definition) is 2. The molecular weight excluding hydrogens is 378 g/mol. The van der Waals surface area contributed by atoms with Crippen LogP contribution >= 0.6 is 0 Å². The number of benzene rings is 1. The van der Waals surface area contributed by atoms with Crippen molar-refractivity contribution >= 4 is 5.96 Å². The van der Waals surface area contributed by atoms with Gasteiger partial charge < -0.3 is 19.9 Å². The Morgan fingerprint density at radius 3 is 2.70 bits per heavy atom. The zero-order valence-electron chi connectivity index (χ0n) is 18.3. The summed E-state index contributed by atoms with van der Waals surface area (Å²) in [5.74, 6) is 1.87. The Kier molecular flexibility index (Phi) is 9.11. The molecular formula is C22H35N7O. The van der Waals surface area contributed by atoms with Gasteiger partial charge >= 0.3 is 0 Å². The van der Waals surface area contributed by atoms with Gasteiger partial charge in [-0.1, -0.05) is 37.3 Å². The van der Waals surface area contributed by atoms with Crippen molar-refractivity contribution in [2.45, 2.75) is 39.3 Å². The first-order valence-electron chi connectivity index (χ1n) is 11.0. The molecule has 0 bridgehead atoms. The highest BCUT2D eigenvalue weighted by molar-refractivity contribution is 5.79. The van der Waals surface area contributed by atoms with Gasteiger partial charge in [0.2, 0.25) is 0 Å². The molecule has 0 spiro atoms. The maximum absolute atomic E-state index is 5.46. The van der Waals surface area contributed by atoms with Crippen molar-refractivity contribution in [1.82, 2.24) is 30.3 Å². The van der Waals surface area contributed by atoms with Crippen LogP contribution in [-0.4, -0.2) is 77.6 Å². The molecule has 2 N–H and O–H groups in total. The summed E-state index contributed by atoms with van der Waals surface area (Å²) in [4.78, 5) is 7.31. The van der Waals surface area contributed by atoms with Crippen LogP contribution in [0, 0.1) is 0 Å². The highest BCUT2D eigenvalue weighted by atomic mass is 16.5. The molecule has 8 heteroatoms. The van der Waals surface area contributed by atoms with Crippen molar-refractivity contribution in [2.75, 3.05) is 45.9 Å². The molecule has 0 saturated carbocycles. The van der Waals surface area contributed by atoms with Gasteiger partial charge in [0.15, 0.2) is 5.96 Å². The first-order chi connectivity index (χ1) is 14.8. The molecule has 2 heterocycles. The van der Waals surface area contributed by atoms with Crippen LogP contribution in [0.15, 0.2) is 41.7 Å². The van der Waals surface area contributed by atoms with Crippen LogP contribution in [0.4, 0.5) is 0 Å². The fraction of sp³-hybridized carbons (Fsp3) is 0.591. The average Bonchev–Trinajstić information content (AvgIpc) is 3.25. The number of ether oxygens (including phenoxy) is 1. The van der Waals surface area contributed by atoms with E-state index in [2.05, 4.69) is 68.4 Å². The maximum atomic E-state index is 5.46. The second-order valence-corrected chi connectivity index (χ2v) is 7.57. The minimum atomic E-state index is 0.395. The zero-order chi connectivity index (χ0) is 21.0. The predicted octanol–water partition coefficient (Wildman–Crippen LogP) is 1.34. The number of aliphatic imine (C=N–C) groups is 1. The lowest BCUT2D eigenvalue weighted by Gasteiger charge is -2.31. The van der Waals surface area contributed by atoms with E-state index in [1.807, 2.05) is 6.07 Å². The second kappa shape index (κ2) is 12.3. The summed E-state index contributed by atoms with van der Waals surface area (Å²) in [5.41, 5.74) is 1.32. The van der Waals surface area contributed by atoms with Crippen LogP contribution in [0.3, 0.4) is 0 Å². The standard InChI is InChI=1S/C22H35N7O/c1-3-21-27-26-18-29(21)12-11-24-22(23-10-9-20-7-5-4-6-8-20)25-17-19(2)28-13-15-30-16-14-28/h4-8,18-19H,3,9-17H2,1-2H3,(H2,23,24,25). The highest BCUT2D eigenvalue weighted by Crippen LogP contribution is 2.04. The molecule has 1 aliphatic rings. The molecule has 30 heavy (non-hydrogen) atoms. The number of aryl methyl sites for hydroxylation is 1. The van der Waals surface area contributed by atoms with Gasteiger partial charge in [0.1, 0.15) is 12.2 Å². The van der Waals surface area contributed by atoms with Crippen LogP contribution in [0.2, 0.25) is 0 Å². The second-order valence-electron chi connectivity index (χ2n) is 7.57. The van der Waals surface area contributed by atoms with Gasteiger partial charge in [-0.05, 0) is 18.9 Å². The molecule has 2 aromatic rings. The lowest BCUT2D eigenvalue weighted by Crippen LogP contribution is -2.45. The van der Waals surface area contributed by atoms with Gasteiger partial charge in [0.05, 0.1) is 19.8 Å². The molecule has 1 aromatic carbocycles. The normalized spacial score (nSPS) is 16.4. The van der Waals surface area contributed by atoms with Gasteiger partial charge in [-0.3, -0.25) is 9.89 Å². The fourth-order valence-corrected chi connectivity index (χ4v) is 3.54. The Morgan fingerprint density at radius 2 is 1.93 bits per heavy atom. The molecule has 1 fully saturated rings. The first kappa shape index (κ1) is 22.2. The van der Waals surface area contributed by atoms with E-state index < -0.39 is 0 Å². The summed E-state index contributed by atoms with van der Waals surface area (Å²) in [6.45, 7) is 11.1. The van der Waals surface area contributed by atoms with E-state index in [9.17, 15) is 0 Å². The number of guanidine groups is 1. The molecule has 1 unspecified atom stereocenters. The lowest BCUT2D eigenvalue weighted by molar-refractivity contribution is 0.0220. The van der Waals surface area contributed by atoms with E-state index >= 15 is 0 Å².